The van der Waals surface area contributed by atoms with E-state index in [9.17, 15) is 0 Å². The molecule has 1 rings (SSSR count). The van der Waals surface area contributed by atoms with Crippen LogP contribution in [0.3, 0.4) is 0 Å². The monoisotopic (exact) mass is 171 g/mol. The molecular formula is C10H21NO. The van der Waals surface area contributed by atoms with E-state index < -0.39 is 0 Å². The number of hydroxylamine groups is 1. The molecule has 0 bridgehead atoms. The molecule has 0 aliphatic heterocycles. The van der Waals surface area contributed by atoms with E-state index in [4.69, 9.17) is 4.84 Å². The zero-order valence-electron chi connectivity index (χ0n) is 8.36. The van der Waals surface area contributed by atoms with E-state index in [2.05, 4.69) is 12.4 Å². The van der Waals surface area contributed by atoms with Crippen LogP contribution in [0.4, 0.5) is 0 Å². The van der Waals surface area contributed by atoms with Crippen LogP contribution in [-0.4, -0.2) is 12.6 Å². The minimum atomic E-state index is 0.324. The normalized spacial score (nSPS) is 21.5. The highest BCUT2D eigenvalue weighted by molar-refractivity contribution is 4.89. The Morgan fingerprint density at radius 3 is 2.50 bits per heavy atom. The topological polar surface area (TPSA) is 21.3 Å². The lowest BCUT2D eigenvalue weighted by atomic mass is 9.92. The highest BCUT2D eigenvalue weighted by Crippen LogP contribution is 2.33. The number of hydrogen-bond donors (Lipinski definition) is 1. The summed E-state index contributed by atoms with van der Waals surface area (Å²) >= 11 is 0. The largest absolute Gasteiger partial charge is 0.305 e. The highest BCUT2D eigenvalue weighted by Gasteiger charge is 2.32. The van der Waals surface area contributed by atoms with Crippen molar-refractivity contribution >= 4 is 0 Å². The van der Waals surface area contributed by atoms with Crippen LogP contribution in [-0.2, 0) is 4.84 Å². The van der Waals surface area contributed by atoms with Gasteiger partial charge in [-0.25, -0.2) is 0 Å². The van der Waals surface area contributed by atoms with Gasteiger partial charge in [0.2, 0.25) is 0 Å². The summed E-state index contributed by atoms with van der Waals surface area (Å²) in [6.07, 6.45) is 9.18. The smallest absolute Gasteiger partial charge is 0.0572 e. The van der Waals surface area contributed by atoms with Gasteiger partial charge < -0.3 is 4.84 Å². The fraction of sp³-hybridized carbons (Fsp3) is 1.00. The SMILES string of the molecule is CCCCC1(NOC)CCCC1. The number of unbranched alkanes of at least 4 members (excludes halogenated alkanes) is 1. The molecule has 0 atom stereocenters. The van der Waals surface area contributed by atoms with E-state index in [1.54, 1.807) is 7.11 Å². The molecule has 1 aliphatic rings. The van der Waals surface area contributed by atoms with E-state index in [0.29, 0.717) is 5.54 Å². The van der Waals surface area contributed by atoms with E-state index in [-0.39, 0.29) is 0 Å². The number of hydrogen-bond acceptors (Lipinski definition) is 2. The van der Waals surface area contributed by atoms with Crippen molar-refractivity contribution in [2.24, 2.45) is 0 Å². The van der Waals surface area contributed by atoms with Crippen LogP contribution in [0.5, 0.6) is 0 Å². The summed E-state index contributed by atoms with van der Waals surface area (Å²) < 4.78 is 0. The Labute approximate surface area is 75.6 Å². The first kappa shape index (κ1) is 10.0. The van der Waals surface area contributed by atoms with E-state index >= 15 is 0 Å². The summed E-state index contributed by atoms with van der Waals surface area (Å²) in [6, 6.07) is 0. The van der Waals surface area contributed by atoms with Gasteiger partial charge in [0.1, 0.15) is 0 Å². The Morgan fingerprint density at radius 1 is 1.33 bits per heavy atom. The Morgan fingerprint density at radius 2 is 2.00 bits per heavy atom. The maximum absolute atomic E-state index is 5.08. The van der Waals surface area contributed by atoms with Crippen LogP contribution < -0.4 is 5.48 Å². The molecule has 12 heavy (non-hydrogen) atoms. The average molecular weight is 171 g/mol. The summed E-state index contributed by atoms with van der Waals surface area (Å²) in [5.41, 5.74) is 3.52. The van der Waals surface area contributed by atoms with Crippen LogP contribution in [0.25, 0.3) is 0 Å². The van der Waals surface area contributed by atoms with Gasteiger partial charge in [-0.3, -0.25) is 0 Å². The average Bonchev–Trinajstić information content (AvgIpc) is 2.51. The minimum Gasteiger partial charge on any atom is -0.305 e. The maximum Gasteiger partial charge on any atom is 0.0572 e. The molecule has 1 aliphatic carbocycles. The molecule has 0 radical (unpaired) electrons. The summed E-state index contributed by atoms with van der Waals surface area (Å²) in [4.78, 5) is 5.08. The van der Waals surface area contributed by atoms with Crippen LogP contribution in [0.2, 0.25) is 0 Å². The lowest BCUT2D eigenvalue weighted by Crippen LogP contribution is -2.41. The highest BCUT2D eigenvalue weighted by atomic mass is 16.6. The van der Waals surface area contributed by atoms with Crippen LogP contribution in [0.1, 0.15) is 51.9 Å². The van der Waals surface area contributed by atoms with Gasteiger partial charge in [0.05, 0.1) is 7.11 Å². The van der Waals surface area contributed by atoms with Crippen molar-refractivity contribution in [1.29, 1.82) is 0 Å². The first-order valence-electron chi connectivity index (χ1n) is 5.13. The number of nitrogens with one attached hydrogen (secondary N) is 1. The molecule has 0 aromatic carbocycles. The molecule has 0 saturated heterocycles. The third-order valence-corrected chi connectivity index (χ3v) is 2.89. The third-order valence-electron chi connectivity index (χ3n) is 2.89. The molecular weight excluding hydrogens is 150 g/mol. The molecule has 1 saturated carbocycles. The zero-order chi connectivity index (χ0) is 8.86. The van der Waals surface area contributed by atoms with Crippen molar-refractivity contribution in [2.45, 2.75) is 57.4 Å². The van der Waals surface area contributed by atoms with E-state index in [1.165, 1.54) is 44.9 Å². The lowest BCUT2D eigenvalue weighted by molar-refractivity contribution is 0.00947. The summed E-state index contributed by atoms with van der Waals surface area (Å²) in [5.74, 6) is 0. The van der Waals surface area contributed by atoms with Crippen molar-refractivity contribution in [3.8, 4) is 0 Å². The quantitative estimate of drug-likeness (QED) is 0.642. The molecule has 0 aromatic heterocycles. The first-order chi connectivity index (χ1) is 5.83. The molecule has 0 amide bonds. The molecule has 0 aromatic rings. The summed E-state index contributed by atoms with van der Waals surface area (Å²) in [5, 5.41) is 0. The van der Waals surface area contributed by atoms with Crippen molar-refractivity contribution in [2.75, 3.05) is 7.11 Å². The molecule has 2 heteroatoms. The summed E-state index contributed by atoms with van der Waals surface area (Å²) in [6.45, 7) is 2.25. The van der Waals surface area contributed by atoms with Crippen molar-refractivity contribution in [3.05, 3.63) is 0 Å². The fourth-order valence-electron chi connectivity index (χ4n) is 2.19. The standard InChI is InChI=1S/C10H21NO/c1-3-4-7-10(11-12-2)8-5-6-9-10/h11H,3-9H2,1-2H3. The van der Waals surface area contributed by atoms with Crippen molar-refractivity contribution < 1.29 is 4.84 Å². The molecule has 1 N–H and O–H groups in total. The van der Waals surface area contributed by atoms with Gasteiger partial charge >= 0.3 is 0 Å². The predicted molar refractivity (Wildman–Crippen MR) is 50.9 cm³/mol. The lowest BCUT2D eigenvalue weighted by Gasteiger charge is -2.28. The Balaban J connectivity index is 2.35. The van der Waals surface area contributed by atoms with Gasteiger partial charge in [-0.2, -0.15) is 5.48 Å². The van der Waals surface area contributed by atoms with Crippen molar-refractivity contribution in [1.82, 2.24) is 5.48 Å². The van der Waals surface area contributed by atoms with Gasteiger partial charge in [-0.15, -0.1) is 0 Å². The molecule has 1 fully saturated rings. The third kappa shape index (κ3) is 2.46. The van der Waals surface area contributed by atoms with Gasteiger partial charge in [0.15, 0.2) is 0 Å². The van der Waals surface area contributed by atoms with E-state index in [0.717, 1.165) is 0 Å². The zero-order valence-corrected chi connectivity index (χ0v) is 8.36. The Kier molecular flexibility index (Phi) is 4.02. The van der Waals surface area contributed by atoms with Crippen molar-refractivity contribution in [3.63, 3.8) is 0 Å². The molecule has 72 valence electrons. The molecule has 0 spiro atoms. The van der Waals surface area contributed by atoms with Gasteiger partial charge in [-0.05, 0) is 19.3 Å². The second kappa shape index (κ2) is 4.83. The molecule has 0 unspecified atom stereocenters. The Bertz CT molecular complexity index is 119. The maximum atomic E-state index is 5.08. The summed E-state index contributed by atoms with van der Waals surface area (Å²) in [7, 11) is 1.73. The molecule has 0 heterocycles. The van der Waals surface area contributed by atoms with Gasteiger partial charge in [0.25, 0.3) is 0 Å². The molecule has 2 nitrogen and oxygen atoms in total. The van der Waals surface area contributed by atoms with Crippen LogP contribution in [0, 0.1) is 0 Å². The Hall–Kier alpha value is -0.0800. The second-order valence-corrected chi connectivity index (χ2v) is 3.90. The van der Waals surface area contributed by atoms with E-state index in [1.807, 2.05) is 0 Å². The first-order valence-corrected chi connectivity index (χ1v) is 5.13. The minimum absolute atomic E-state index is 0.324. The van der Waals surface area contributed by atoms with Crippen LogP contribution >= 0.6 is 0 Å². The number of rotatable bonds is 5. The second-order valence-electron chi connectivity index (χ2n) is 3.90. The van der Waals surface area contributed by atoms with Gasteiger partial charge in [-0.1, -0.05) is 32.6 Å². The predicted octanol–water partition coefficient (Wildman–Crippen LogP) is 2.64. The fourth-order valence-corrected chi connectivity index (χ4v) is 2.19. The van der Waals surface area contributed by atoms with Crippen LogP contribution in [0.15, 0.2) is 0 Å². The van der Waals surface area contributed by atoms with Gasteiger partial charge in [0, 0.05) is 5.54 Å².